The molecule has 0 aliphatic carbocycles. The number of rotatable bonds is 4. The number of aromatic nitrogens is 2. The molecule has 0 spiro atoms. The van der Waals surface area contributed by atoms with Gasteiger partial charge in [-0.15, -0.1) is 0 Å². The normalized spacial score (nSPS) is 14.4. The summed E-state index contributed by atoms with van der Waals surface area (Å²) in [5, 5.41) is 14.5. The quantitative estimate of drug-likeness (QED) is 0.939. The predicted octanol–water partition coefficient (Wildman–Crippen LogP) is 3.45. The molecule has 0 saturated heterocycles. The number of halogens is 2. The van der Waals surface area contributed by atoms with E-state index in [1.807, 2.05) is 13.0 Å². The van der Waals surface area contributed by atoms with Gasteiger partial charge in [-0.05, 0) is 24.6 Å². The topological polar surface area (TPSA) is 59.2 Å². The molecule has 2 atom stereocenters. The highest BCUT2D eigenvalue weighted by Gasteiger charge is 2.19. The zero-order valence-corrected chi connectivity index (χ0v) is 12.1. The first-order valence-electron chi connectivity index (χ1n) is 5.92. The Labute approximate surface area is 121 Å². The molecule has 19 heavy (non-hydrogen) atoms. The van der Waals surface area contributed by atoms with Crippen LogP contribution in [0.5, 0.6) is 0 Å². The van der Waals surface area contributed by atoms with Gasteiger partial charge in [0.2, 0.25) is 5.89 Å². The van der Waals surface area contributed by atoms with Gasteiger partial charge in [0.25, 0.3) is 0 Å². The molecule has 6 heteroatoms. The third-order valence-electron chi connectivity index (χ3n) is 2.96. The van der Waals surface area contributed by atoms with Crippen LogP contribution in [0, 0.1) is 0 Å². The molecule has 2 rings (SSSR count). The molecule has 1 aromatic carbocycles. The van der Waals surface area contributed by atoms with Gasteiger partial charge in [-0.2, -0.15) is 4.98 Å². The Bertz CT molecular complexity index is 570. The SMILES string of the molecule is CC(O)C(C)c1nc(Cc2ccc(Cl)cc2Cl)no1. The molecule has 1 heterocycles. The first-order valence-corrected chi connectivity index (χ1v) is 6.67. The summed E-state index contributed by atoms with van der Waals surface area (Å²) in [7, 11) is 0. The van der Waals surface area contributed by atoms with Gasteiger partial charge in [0.05, 0.1) is 12.0 Å². The lowest BCUT2D eigenvalue weighted by molar-refractivity contribution is 0.151. The summed E-state index contributed by atoms with van der Waals surface area (Å²) < 4.78 is 5.13. The summed E-state index contributed by atoms with van der Waals surface area (Å²) in [5.74, 6) is 0.767. The molecule has 0 aliphatic rings. The number of benzene rings is 1. The Kier molecular flexibility index (Phi) is 4.45. The van der Waals surface area contributed by atoms with E-state index in [0.29, 0.717) is 28.2 Å². The molecule has 1 N–H and O–H groups in total. The Morgan fingerprint density at radius 3 is 2.68 bits per heavy atom. The lowest BCUT2D eigenvalue weighted by Gasteiger charge is -2.08. The van der Waals surface area contributed by atoms with Crippen LogP contribution in [0.15, 0.2) is 22.7 Å². The first kappa shape index (κ1) is 14.3. The third kappa shape index (κ3) is 3.47. The number of hydrogen-bond acceptors (Lipinski definition) is 4. The highest BCUT2D eigenvalue weighted by molar-refractivity contribution is 6.35. The van der Waals surface area contributed by atoms with E-state index in [0.717, 1.165) is 5.56 Å². The van der Waals surface area contributed by atoms with Crippen molar-refractivity contribution in [3.63, 3.8) is 0 Å². The fourth-order valence-electron chi connectivity index (χ4n) is 1.57. The molecule has 0 saturated carbocycles. The number of hydrogen-bond donors (Lipinski definition) is 1. The molecule has 1 aromatic heterocycles. The lowest BCUT2D eigenvalue weighted by Crippen LogP contribution is -2.11. The van der Waals surface area contributed by atoms with Crippen molar-refractivity contribution < 1.29 is 9.63 Å². The van der Waals surface area contributed by atoms with Crippen molar-refractivity contribution in [1.82, 2.24) is 10.1 Å². The van der Waals surface area contributed by atoms with Gasteiger partial charge in [0.1, 0.15) is 0 Å². The largest absolute Gasteiger partial charge is 0.393 e. The summed E-state index contributed by atoms with van der Waals surface area (Å²) in [6.45, 7) is 3.52. The maximum absolute atomic E-state index is 9.48. The molecule has 0 amide bonds. The maximum Gasteiger partial charge on any atom is 0.232 e. The maximum atomic E-state index is 9.48. The van der Waals surface area contributed by atoms with E-state index in [1.165, 1.54) is 0 Å². The molecule has 4 nitrogen and oxygen atoms in total. The minimum atomic E-state index is -0.535. The van der Waals surface area contributed by atoms with Crippen molar-refractivity contribution in [1.29, 1.82) is 0 Å². The second-order valence-electron chi connectivity index (χ2n) is 4.49. The van der Waals surface area contributed by atoms with Crippen LogP contribution < -0.4 is 0 Å². The zero-order chi connectivity index (χ0) is 14.0. The van der Waals surface area contributed by atoms with Crippen molar-refractivity contribution in [2.75, 3.05) is 0 Å². The third-order valence-corrected chi connectivity index (χ3v) is 3.55. The van der Waals surface area contributed by atoms with Gasteiger partial charge >= 0.3 is 0 Å². The van der Waals surface area contributed by atoms with Crippen LogP contribution in [0.1, 0.15) is 37.0 Å². The van der Waals surface area contributed by atoms with Crippen LogP contribution in [0.2, 0.25) is 10.0 Å². The standard InChI is InChI=1S/C13H14Cl2N2O2/c1-7(8(2)18)13-16-12(17-19-13)5-9-3-4-10(14)6-11(9)15/h3-4,6-8,18H,5H2,1-2H3. The monoisotopic (exact) mass is 300 g/mol. The highest BCUT2D eigenvalue weighted by Crippen LogP contribution is 2.23. The average molecular weight is 301 g/mol. The van der Waals surface area contributed by atoms with Crippen LogP contribution in [0.25, 0.3) is 0 Å². The van der Waals surface area contributed by atoms with Gasteiger partial charge < -0.3 is 9.63 Å². The van der Waals surface area contributed by atoms with E-state index >= 15 is 0 Å². The smallest absolute Gasteiger partial charge is 0.232 e. The van der Waals surface area contributed by atoms with Crippen LogP contribution in [-0.4, -0.2) is 21.4 Å². The average Bonchev–Trinajstić information content (AvgIpc) is 2.80. The lowest BCUT2D eigenvalue weighted by atomic mass is 10.1. The summed E-state index contributed by atoms with van der Waals surface area (Å²) in [4.78, 5) is 4.26. The van der Waals surface area contributed by atoms with E-state index in [1.54, 1.807) is 19.1 Å². The van der Waals surface area contributed by atoms with Crippen molar-refractivity contribution in [2.24, 2.45) is 0 Å². The van der Waals surface area contributed by atoms with Crippen LogP contribution in [0.3, 0.4) is 0 Å². The van der Waals surface area contributed by atoms with Crippen molar-refractivity contribution in [3.8, 4) is 0 Å². The molecular weight excluding hydrogens is 287 g/mol. The van der Waals surface area contributed by atoms with Crippen molar-refractivity contribution in [2.45, 2.75) is 32.3 Å². The molecule has 2 unspecified atom stereocenters. The van der Waals surface area contributed by atoms with E-state index in [4.69, 9.17) is 27.7 Å². The van der Waals surface area contributed by atoms with E-state index in [9.17, 15) is 5.11 Å². The predicted molar refractivity (Wildman–Crippen MR) is 73.7 cm³/mol. The van der Waals surface area contributed by atoms with Crippen LogP contribution in [0.4, 0.5) is 0 Å². The van der Waals surface area contributed by atoms with Gasteiger partial charge in [-0.3, -0.25) is 0 Å². The fourth-order valence-corrected chi connectivity index (χ4v) is 2.04. The minimum Gasteiger partial charge on any atom is -0.393 e. The Hall–Kier alpha value is -1.10. The molecule has 0 aliphatic heterocycles. The molecule has 0 bridgehead atoms. The van der Waals surface area contributed by atoms with E-state index in [2.05, 4.69) is 10.1 Å². The van der Waals surface area contributed by atoms with E-state index in [-0.39, 0.29) is 5.92 Å². The fraction of sp³-hybridized carbons (Fsp3) is 0.385. The Morgan fingerprint density at radius 1 is 1.32 bits per heavy atom. The summed E-state index contributed by atoms with van der Waals surface area (Å²) in [6, 6.07) is 5.28. The van der Waals surface area contributed by atoms with Crippen molar-refractivity contribution >= 4 is 23.2 Å². The molecule has 102 valence electrons. The van der Waals surface area contributed by atoms with Crippen LogP contribution in [-0.2, 0) is 6.42 Å². The molecule has 2 aromatic rings. The molecule has 0 radical (unpaired) electrons. The van der Waals surface area contributed by atoms with Gasteiger partial charge in [-0.1, -0.05) is 41.3 Å². The highest BCUT2D eigenvalue weighted by atomic mass is 35.5. The number of aliphatic hydroxyl groups excluding tert-OH is 1. The van der Waals surface area contributed by atoms with Gasteiger partial charge in [0, 0.05) is 16.5 Å². The Balaban J connectivity index is 2.16. The first-order chi connectivity index (χ1) is 8.97. The summed E-state index contributed by atoms with van der Waals surface area (Å²) in [5.41, 5.74) is 0.878. The summed E-state index contributed by atoms with van der Waals surface area (Å²) in [6.07, 6.45) is -0.0705. The van der Waals surface area contributed by atoms with Crippen molar-refractivity contribution in [3.05, 3.63) is 45.5 Å². The number of nitrogens with zero attached hydrogens (tertiary/aromatic N) is 2. The Morgan fingerprint density at radius 2 is 2.05 bits per heavy atom. The molecule has 0 fully saturated rings. The number of aliphatic hydroxyl groups is 1. The second kappa shape index (κ2) is 5.90. The summed E-state index contributed by atoms with van der Waals surface area (Å²) >= 11 is 11.9. The zero-order valence-electron chi connectivity index (χ0n) is 10.6. The minimum absolute atomic E-state index is 0.193. The van der Waals surface area contributed by atoms with Gasteiger partial charge in [-0.25, -0.2) is 0 Å². The molecular formula is C13H14Cl2N2O2. The van der Waals surface area contributed by atoms with Gasteiger partial charge in [0.15, 0.2) is 5.82 Å². The van der Waals surface area contributed by atoms with E-state index < -0.39 is 6.10 Å². The van der Waals surface area contributed by atoms with Crippen LogP contribution >= 0.6 is 23.2 Å². The second-order valence-corrected chi connectivity index (χ2v) is 5.33.